The van der Waals surface area contributed by atoms with Gasteiger partial charge < -0.3 is 10.6 Å². The Kier molecular flexibility index (Phi) is 4.57. The monoisotopic (exact) mass is 291 g/mol. The molecule has 2 unspecified atom stereocenters. The maximum absolute atomic E-state index is 12.6. The van der Waals surface area contributed by atoms with Crippen molar-refractivity contribution in [2.75, 3.05) is 13.1 Å². The van der Waals surface area contributed by atoms with E-state index in [9.17, 15) is 14.9 Å². The van der Waals surface area contributed by atoms with E-state index in [-0.39, 0.29) is 17.6 Å². The van der Waals surface area contributed by atoms with E-state index in [1.807, 2.05) is 6.92 Å². The molecule has 0 aliphatic carbocycles. The number of hydrogen-bond acceptors (Lipinski definition) is 4. The van der Waals surface area contributed by atoms with Gasteiger partial charge in [-0.25, -0.2) is 0 Å². The molecule has 2 atom stereocenters. The predicted octanol–water partition coefficient (Wildman–Crippen LogP) is 2.10. The minimum Gasteiger partial charge on any atom is -0.336 e. The van der Waals surface area contributed by atoms with Crippen LogP contribution in [0.2, 0.25) is 0 Å². The van der Waals surface area contributed by atoms with E-state index in [4.69, 9.17) is 5.73 Å². The second kappa shape index (κ2) is 6.22. The Morgan fingerprint density at radius 1 is 1.48 bits per heavy atom. The van der Waals surface area contributed by atoms with Crippen LogP contribution in [0.15, 0.2) is 18.2 Å². The Hall–Kier alpha value is -1.95. The molecule has 0 spiro atoms. The van der Waals surface area contributed by atoms with Crippen LogP contribution in [0.4, 0.5) is 5.69 Å². The average molecular weight is 291 g/mol. The molecule has 1 heterocycles. The molecule has 2 N–H and O–H groups in total. The Bertz CT molecular complexity index is 559. The van der Waals surface area contributed by atoms with E-state index in [1.165, 1.54) is 6.07 Å². The first-order valence-corrected chi connectivity index (χ1v) is 7.20. The van der Waals surface area contributed by atoms with Crippen LogP contribution in [0, 0.1) is 23.0 Å². The predicted molar refractivity (Wildman–Crippen MR) is 80.1 cm³/mol. The van der Waals surface area contributed by atoms with Gasteiger partial charge in [0, 0.05) is 29.8 Å². The molecule has 1 aliphatic heterocycles. The van der Waals surface area contributed by atoms with Gasteiger partial charge in [0.25, 0.3) is 11.6 Å². The van der Waals surface area contributed by atoms with E-state index in [0.29, 0.717) is 30.1 Å². The molecule has 1 saturated heterocycles. The number of likely N-dealkylation sites (tertiary alicyclic amines) is 1. The Morgan fingerprint density at radius 3 is 2.81 bits per heavy atom. The number of benzene rings is 1. The van der Waals surface area contributed by atoms with Crippen LogP contribution in [-0.4, -0.2) is 34.9 Å². The number of nitrogens with zero attached hydrogens (tertiary/aromatic N) is 2. The van der Waals surface area contributed by atoms with Crippen molar-refractivity contribution in [3.8, 4) is 0 Å². The number of carbonyl (C=O) groups excluding carboxylic acids is 1. The van der Waals surface area contributed by atoms with Gasteiger partial charge in [-0.2, -0.15) is 0 Å². The summed E-state index contributed by atoms with van der Waals surface area (Å²) in [5.41, 5.74) is 6.62. The quantitative estimate of drug-likeness (QED) is 0.682. The summed E-state index contributed by atoms with van der Waals surface area (Å²) in [5, 5.41) is 11.0. The largest absolute Gasteiger partial charge is 0.336 e. The number of nitrogens with two attached hydrogens (primary N) is 1. The lowest BCUT2D eigenvalue weighted by Gasteiger charge is -2.37. The highest BCUT2D eigenvalue weighted by Crippen LogP contribution is 2.25. The number of aryl methyl sites for hydroxylation is 1. The van der Waals surface area contributed by atoms with E-state index in [2.05, 4.69) is 0 Å². The summed E-state index contributed by atoms with van der Waals surface area (Å²) < 4.78 is 0. The molecule has 1 aromatic carbocycles. The third-order valence-corrected chi connectivity index (χ3v) is 4.23. The van der Waals surface area contributed by atoms with Crippen molar-refractivity contribution < 1.29 is 9.72 Å². The van der Waals surface area contributed by atoms with Crippen LogP contribution < -0.4 is 5.73 Å². The molecule has 1 fully saturated rings. The number of rotatable bonds is 3. The molecule has 0 aromatic heterocycles. The molecule has 21 heavy (non-hydrogen) atoms. The molecule has 0 saturated carbocycles. The van der Waals surface area contributed by atoms with Gasteiger partial charge in [0.15, 0.2) is 0 Å². The molecule has 6 heteroatoms. The fraction of sp³-hybridized carbons (Fsp3) is 0.533. The van der Waals surface area contributed by atoms with Gasteiger partial charge in [-0.1, -0.05) is 6.07 Å². The Labute approximate surface area is 124 Å². The van der Waals surface area contributed by atoms with Gasteiger partial charge in [0.1, 0.15) is 0 Å². The lowest BCUT2D eigenvalue weighted by Crippen LogP contribution is -2.47. The highest BCUT2D eigenvalue weighted by atomic mass is 16.6. The zero-order valence-electron chi connectivity index (χ0n) is 12.4. The van der Waals surface area contributed by atoms with Crippen LogP contribution in [-0.2, 0) is 0 Å². The summed E-state index contributed by atoms with van der Waals surface area (Å²) in [4.78, 5) is 25.0. The average Bonchev–Trinajstić information content (AvgIpc) is 2.47. The molecule has 2 rings (SSSR count). The second-order valence-electron chi connectivity index (χ2n) is 5.74. The zero-order valence-corrected chi connectivity index (χ0v) is 12.4. The van der Waals surface area contributed by atoms with E-state index in [0.717, 1.165) is 12.8 Å². The van der Waals surface area contributed by atoms with Crippen molar-refractivity contribution in [2.24, 2.45) is 11.7 Å². The third kappa shape index (κ3) is 3.21. The molecule has 1 aromatic rings. The lowest BCUT2D eigenvalue weighted by molar-refractivity contribution is -0.385. The van der Waals surface area contributed by atoms with Crippen LogP contribution >= 0.6 is 0 Å². The van der Waals surface area contributed by atoms with Crippen LogP contribution in [0.1, 0.15) is 35.7 Å². The first-order valence-electron chi connectivity index (χ1n) is 7.20. The number of piperidine rings is 1. The number of hydrogen-bond donors (Lipinski definition) is 1. The van der Waals surface area contributed by atoms with Crippen molar-refractivity contribution in [1.82, 2.24) is 4.90 Å². The lowest BCUT2D eigenvalue weighted by atomic mass is 9.93. The Balaban J connectivity index is 2.26. The van der Waals surface area contributed by atoms with Crippen LogP contribution in [0.25, 0.3) is 0 Å². The minimum absolute atomic E-state index is 0.0131. The number of nitro benzene ring substituents is 1. The summed E-state index contributed by atoms with van der Waals surface area (Å²) in [7, 11) is 0. The summed E-state index contributed by atoms with van der Waals surface area (Å²) in [6, 6.07) is 4.79. The molecular weight excluding hydrogens is 270 g/mol. The van der Waals surface area contributed by atoms with Crippen molar-refractivity contribution in [3.05, 3.63) is 39.4 Å². The van der Waals surface area contributed by atoms with Gasteiger partial charge in [-0.15, -0.1) is 0 Å². The maximum Gasteiger partial charge on any atom is 0.273 e. The molecule has 0 radical (unpaired) electrons. The molecule has 0 bridgehead atoms. The molecule has 1 aliphatic rings. The maximum atomic E-state index is 12.6. The van der Waals surface area contributed by atoms with Crippen LogP contribution in [0.3, 0.4) is 0 Å². The highest BCUT2D eigenvalue weighted by molar-refractivity contribution is 5.95. The third-order valence-electron chi connectivity index (χ3n) is 4.23. The number of amides is 1. The fourth-order valence-electron chi connectivity index (χ4n) is 2.76. The van der Waals surface area contributed by atoms with Gasteiger partial charge in [-0.3, -0.25) is 14.9 Å². The van der Waals surface area contributed by atoms with E-state index >= 15 is 0 Å². The van der Waals surface area contributed by atoms with Crippen molar-refractivity contribution >= 4 is 11.6 Å². The van der Waals surface area contributed by atoms with Gasteiger partial charge in [0.2, 0.25) is 0 Å². The second-order valence-corrected chi connectivity index (χ2v) is 5.74. The topological polar surface area (TPSA) is 89.5 Å². The number of nitro groups is 1. The zero-order chi connectivity index (χ0) is 15.6. The molecule has 114 valence electrons. The molecular formula is C15H21N3O3. The smallest absolute Gasteiger partial charge is 0.273 e. The van der Waals surface area contributed by atoms with E-state index in [1.54, 1.807) is 24.0 Å². The first-order chi connectivity index (χ1) is 9.93. The summed E-state index contributed by atoms with van der Waals surface area (Å²) >= 11 is 0. The molecule has 6 nitrogen and oxygen atoms in total. The fourth-order valence-corrected chi connectivity index (χ4v) is 2.76. The number of carbonyl (C=O) groups is 1. The van der Waals surface area contributed by atoms with Crippen molar-refractivity contribution in [2.45, 2.75) is 32.7 Å². The van der Waals surface area contributed by atoms with Crippen molar-refractivity contribution in [3.63, 3.8) is 0 Å². The van der Waals surface area contributed by atoms with Crippen molar-refractivity contribution in [1.29, 1.82) is 0 Å². The minimum atomic E-state index is -0.450. The Morgan fingerprint density at radius 2 is 2.19 bits per heavy atom. The van der Waals surface area contributed by atoms with Gasteiger partial charge in [0.05, 0.1) is 4.92 Å². The van der Waals surface area contributed by atoms with E-state index < -0.39 is 4.92 Å². The first kappa shape index (κ1) is 15.4. The highest BCUT2D eigenvalue weighted by Gasteiger charge is 2.29. The molecule has 1 amide bonds. The standard InChI is InChI=1S/C15H21N3O3/c1-10-3-6-13(7-14(10)18(20)21)15(19)17-9-12(8-16)5-4-11(17)2/h3,6-7,11-12H,4-5,8-9,16H2,1-2H3. The summed E-state index contributed by atoms with van der Waals surface area (Å²) in [5.74, 6) is 0.161. The summed E-state index contributed by atoms with van der Waals surface area (Å²) in [6.45, 7) is 4.86. The van der Waals surface area contributed by atoms with Crippen LogP contribution in [0.5, 0.6) is 0 Å². The van der Waals surface area contributed by atoms with Gasteiger partial charge in [-0.05, 0) is 45.2 Å². The summed E-state index contributed by atoms with van der Waals surface area (Å²) in [6.07, 6.45) is 1.94. The normalized spacial score (nSPS) is 22.1. The van der Waals surface area contributed by atoms with Gasteiger partial charge >= 0.3 is 0 Å². The SMILES string of the molecule is Cc1ccc(C(=O)N2CC(CN)CCC2C)cc1[N+](=O)[O-].